The third kappa shape index (κ3) is 5.10. The molecule has 0 unspecified atom stereocenters. The highest BCUT2D eigenvalue weighted by Gasteiger charge is 2.32. The Balaban J connectivity index is 1.74. The lowest BCUT2D eigenvalue weighted by Crippen LogP contribution is -2.45. The van der Waals surface area contributed by atoms with Crippen molar-refractivity contribution in [2.24, 2.45) is 5.92 Å². The van der Waals surface area contributed by atoms with E-state index in [1.54, 1.807) is 32.2 Å². The zero-order valence-electron chi connectivity index (χ0n) is 16.7. The lowest BCUT2D eigenvalue weighted by atomic mass is 10.1. The molecule has 0 saturated carbocycles. The zero-order chi connectivity index (χ0) is 22.8. The summed E-state index contributed by atoms with van der Waals surface area (Å²) in [5.74, 6) is -1.76. The number of sulfonamides is 1. The van der Waals surface area contributed by atoms with Crippen LogP contribution >= 0.6 is 23.2 Å². The predicted molar refractivity (Wildman–Crippen MR) is 119 cm³/mol. The molecule has 164 valence electrons. The number of H-pyrrole nitrogens is 1. The van der Waals surface area contributed by atoms with Gasteiger partial charge in [0.1, 0.15) is 10.9 Å². The number of ketones is 1. The van der Waals surface area contributed by atoms with E-state index in [1.165, 1.54) is 18.2 Å². The minimum Gasteiger partial charge on any atom is -0.456 e. The van der Waals surface area contributed by atoms with Crippen molar-refractivity contribution in [3.63, 3.8) is 0 Å². The fraction of sp³-hybridized carbons (Fsp3) is 0.238. The first kappa shape index (κ1) is 23.3. The van der Waals surface area contributed by atoms with Crippen LogP contribution in [0.2, 0.25) is 10.0 Å². The van der Waals surface area contributed by atoms with E-state index < -0.39 is 40.3 Å². The summed E-state index contributed by atoms with van der Waals surface area (Å²) >= 11 is 12.0. The molecule has 3 aromatic rings. The standard InChI is InChI=1S/C21H20Cl2N2O5S/c1-12(2)19(25-31(28,29)20-15(22)7-5-8-16(20)23)21(27)30-11-18(26)14-10-24-17-9-4-3-6-13(14)17/h3-10,12,19,24-25H,11H2,1-2H3/t19-/m1/s1. The monoisotopic (exact) mass is 482 g/mol. The number of fused-ring (bicyclic) bond motifs is 1. The summed E-state index contributed by atoms with van der Waals surface area (Å²) in [6.07, 6.45) is 1.54. The number of Topliss-reactive ketones (excluding diaryl/α,β-unsaturated/α-hetero) is 1. The Hall–Kier alpha value is -2.39. The molecule has 2 N–H and O–H groups in total. The number of carbonyl (C=O) groups excluding carboxylic acids is 2. The highest BCUT2D eigenvalue weighted by atomic mass is 35.5. The number of esters is 1. The Morgan fingerprint density at radius 3 is 2.35 bits per heavy atom. The van der Waals surface area contributed by atoms with E-state index in [4.69, 9.17) is 27.9 Å². The number of nitrogens with one attached hydrogen (secondary N) is 2. The molecule has 1 aromatic heterocycles. The van der Waals surface area contributed by atoms with Crippen LogP contribution in [0.15, 0.2) is 53.6 Å². The van der Waals surface area contributed by atoms with E-state index in [0.29, 0.717) is 10.9 Å². The minimum absolute atomic E-state index is 0.0783. The first-order valence-electron chi connectivity index (χ1n) is 9.34. The molecule has 1 atom stereocenters. The van der Waals surface area contributed by atoms with E-state index >= 15 is 0 Å². The smallest absolute Gasteiger partial charge is 0.324 e. The van der Waals surface area contributed by atoms with Gasteiger partial charge in [-0.25, -0.2) is 8.42 Å². The van der Waals surface area contributed by atoms with Crippen LogP contribution in [0.3, 0.4) is 0 Å². The highest BCUT2D eigenvalue weighted by Crippen LogP contribution is 2.29. The predicted octanol–water partition coefficient (Wildman–Crippen LogP) is 4.20. The van der Waals surface area contributed by atoms with Crippen molar-refractivity contribution in [2.75, 3.05) is 6.61 Å². The Morgan fingerprint density at radius 1 is 1.06 bits per heavy atom. The Kier molecular flexibility index (Phi) is 7.06. The van der Waals surface area contributed by atoms with Gasteiger partial charge in [-0.15, -0.1) is 0 Å². The van der Waals surface area contributed by atoms with Gasteiger partial charge in [-0.3, -0.25) is 9.59 Å². The van der Waals surface area contributed by atoms with Gasteiger partial charge in [-0.2, -0.15) is 4.72 Å². The van der Waals surface area contributed by atoms with Crippen molar-refractivity contribution in [3.8, 4) is 0 Å². The van der Waals surface area contributed by atoms with Gasteiger partial charge in [0.2, 0.25) is 15.8 Å². The quantitative estimate of drug-likeness (QED) is 0.369. The molecule has 0 spiro atoms. The fourth-order valence-electron chi connectivity index (χ4n) is 3.03. The van der Waals surface area contributed by atoms with Gasteiger partial charge in [-0.05, 0) is 24.1 Å². The number of rotatable bonds is 8. The molecular formula is C21H20Cl2N2O5S. The van der Waals surface area contributed by atoms with Crippen LogP contribution in [0.4, 0.5) is 0 Å². The number of aromatic nitrogens is 1. The number of para-hydroxylation sites is 1. The van der Waals surface area contributed by atoms with Crippen molar-refractivity contribution >= 4 is 55.9 Å². The van der Waals surface area contributed by atoms with Gasteiger partial charge in [-0.1, -0.05) is 61.3 Å². The van der Waals surface area contributed by atoms with Crippen molar-refractivity contribution in [2.45, 2.75) is 24.8 Å². The Bertz CT molecular complexity index is 1220. The number of ether oxygens (including phenoxy) is 1. The van der Waals surface area contributed by atoms with Crippen molar-refractivity contribution < 1.29 is 22.7 Å². The lowest BCUT2D eigenvalue weighted by Gasteiger charge is -2.21. The van der Waals surface area contributed by atoms with Crippen LogP contribution in [0.1, 0.15) is 24.2 Å². The molecule has 0 bridgehead atoms. The number of hydrogen-bond donors (Lipinski definition) is 2. The first-order chi connectivity index (χ1) is 14.6. The van der Waals surface area contributed by atoms with Gasteiger partial charge in [0.05, 0.1) is 10.0 Å². The second kappa shape index (κ2) is 9.40. The first-order valence-corrected chi connectivity index (χ1v) is 11.6. The summed E-state index contributed by atoms with van der Waals surface area (Å²) in [5, 5.41) is 0.550. The molecule has 1 heterocycles. The summed E-state index contributed by atoms with van der Waals surface area (Å²) < 4.78 is 33.0. The highest BCUT2D eigenvalue weighted by molar-refractivity contribution is 7.89. The van der Waals surface area contributed by atoms with E-state index in [9.17, 15) is 18.0 Å². The van der Waals surface area contributed by atoms with Crippen LogP contribution in [0, 0.1) is 5.92 Å². The maximum atomic E-state index is 12.8. The molecule has 0 radical (unpaired) electrons. The van der Waals surface area contributed by atoms with E-state index in [-0.39, 0.29) is 14.9 Å². The van der Waals surface area contributed by atoms with Crippen molar-refractivity contribution in [1.82, 2.24) is 9.71 Å². The van der Waals surface area contributed by atoms with Crippen LogP contribution in [-0.2, 0) is 19.6 Å². The van der Waals surface area contributed by atoms with Crippen LogP contribution in [-0.4, -0.2) is 37.8 Å². The van der Waals surface area contributed by atoms with Gasteiger partial charge < -0.3 is 9.72 Å². The second-order valence-corrected chi connectivity index (χ2v) is 9.64. The Labute approximate surface area is 189 Å². The van der Waals surface area contributed by atoms with Gasteiger partial charge in [0, 0.05) is 22.7 Å². The lowest BCUT2D eigenvalue weighted by molar-refractivity contribution is -0.145. The molecule has 0 amide bonds. The van der Waals surface area contributed by atoms with Crippen molar-refractivity contribution in [1.29, 1.82) is 0 Å². The normalized spacial score (nSPS) is 12.8. The third-order valence-corrected chi connectivity index (χ3v) is 7.02. The van der Waals surface area contributed by atoms with Gasteiger partial charge in [0.15, 0.2) is 6.61 Å². The molecule has 0 fully saturated rings. The molecule has 7 nitrogen and oxygen atoms in total. The summed E-state index contributed by atoms with van der Waals surface area (Å²) in [5.41, 5.74) is 1.16. The number of carbonyl (C=O) groups is 2. The molecule has 3 rings (SSSR count). The number of benzene rings is 2. The average molecular weight is 483 g/mol. The maximum Gasteiger partial charge on any atom is 0.324 e. The van der Waals surface area contributed by atoms with E-state index in [0.717, 1.165) is 5.52 Å². The van der Waals surface area contributed by atoms with Gasteiger partial charge >= 0.3 is 5.97 Å². The third-order valence-electron chi connectivity index (χ3n) is 4.63. The number of aromatic amines is 1. The maximum absolute atomic E-state index is 12.8. The minimum atomic E-state index is -4.23. The van der Waals surface area contributed by atoms with E-state index in [1.807, 2.05) is 12.1 Å². The zero-order valence-corrected chi connectivity index (χ0v) is 19.0. The molecule has 0 aliphatic heterocycles. The molecule has 0 aliphatic carbocycles. The summed E-state index contributed by atoms with van der Waals surface area (Å²) in [6.45, 7) is 2.76. The summed E-state index contributed by atoms with van der Waals surface area (Å²) in [4.78, 5) is 27.8. The topological polar surface area (TPSA) is 105 Å². The average Bonchev–Trinajstić information content (AvgIpc) is 3.14. The van der Waals surface area contributed by atoms with Gasteiger partial charge in [0.25, 0.3) is 0 Å². The van der Waals surface area contributed by atoms with Crippen molar-refractivity contribution in [3.05, 3.63) is 64.3 Å². The summed E-state index contributed by atoms with van der Waals surface area (Å²) in [6, 6.07) is 10.2. The fourth-order valence-corrected chi connectivity index (χ4v) is 5.51. The summed E-state index contributed by atoms with van der Waals surface area (Å²) in [7, 11) is -4.23. The number of halogens is 2. The SMILES string of the molecule is CC(C)[C@@H](NS(=O)(=O)c1c(Cl)cccc1Cl)C(=O)OCC(=O)c1c[nH]c2ccccc12. The van der Waals surface area contributed by atoms with Crippen LogP contribution < -0.4 is 4.72 Å². The Morgan fingerprint density at radius 2 is 1.71 bits per heavy atom. The molecule has 10 heteroatoms. The molecule has 0 saturated heterocycles. The molecule has 31 heavy (non-hydrogen) atoms. The van der Waals surface area contributed by atoms with Crippen LogP contribution in [0.5, 0.6) is 0 Å². The van der Waals surface area contributed by atoms with Crippen LogP contribution in [0.25, 0.3) is 10.9 Å². The molecular weight excluding hydrogens is 463 g/mol. The molecule has 2 aromatic carbocycles. The van der Waals surface area contributed by atoms with E-state index in [2.05, 4.69) is 9.71 Å². The number of hydrogen-bond acceptors (Lipinski definition) is 5. The molecule has 0 aliphatic rings. The largest absolute Gasteiger partial charge is 0.456 e. The second-order valence-electron chi connectivity index (χ2n) is 7.17.